The SMILES string of the molecule is CCCC(=C(C#N)C#N)c1cccc(N(C)C)c1. The first-order valence-electron chi connectivity index (χ1n) is 5.95. The number of nitrogens with zero attached hydrogens (tertiary/aromatic N) is 3. The van der Waals surface area contributed by atoms with Crippen LogP contribution in [0.25, 0.3) is 5.57 Å². The lowest BCUT2D eigenvalue weighted by molar-refractivity contribution is 0.970. The summed E-state index contributed by atoms with van der Waals surface area (Å²) in [5, 5.41) is 18.0. The fourth-order valence-electron chi connectivity index (χ4n) is 1.80. The fraction of sp³-hybridized carbons (Fsp3) is 0.333. The van der Waals surface area contributed by atoms with Gasteiger partial charge in [-0.25, -0.2) is 0 Å². The van der Waals surface area contributed by atoms with Crippen molar-refractivity contribution in [3.05, 3.63) is 35.4 Å². The molecule has 0 fully saturated rings. The van der Waals surface area contributed by atoms with Gasteiger partial charge in [0.25, 0.3) is 0 Å². The van der Waals surface area contributed by atoms with Crippen LogP contribution >= 0.6 is 0 Å². The van der Waals surface area contributed by atoms with Gasteiger partial charge in [-0.1, -0.05) is 25.5 Å². The first-order valence-corrected chi connectivity index (χ1v) is 5.95. The predicted molar refractivity (Wildman–Crippen MR) is 73.8 cm³/mol. The van der Waals surface area contributed by atoms with Gasteiger partial charge in [0, 0.05) is 19.8 Å². The van der Waals surface area contributed by atoms with Crippen LogP contribution in [0.5, 0.6) is 0 Å². The van der Waals surface area contributed by atoms with E-state index in [0.29, 0.717) is 0 Å². The Kier molecular flexibility index (Phi) is 4.96. The van der Waals surface area contributed by atoms with Gasteiger partial charge in [0.1, 0.15) is 17.7 Å². The van der Waals surface area contributed by atoms with E-state index in [-0.39, 0.29) is 5.57 Å². The lowest BCUT2D eigenvalue weighted by Gasteiger charge is -2.15. The minimum atomic E-state index is 0.216. The Morgan fingerprint density at radius 3 is 2.39 bits per heavy atom. The third-order valence-electron chi connectivity index (χ3n) is 2.74. The molecule has 1 aromatic rings. The third kappa shape index (κ3) is 3.12. The Bertz CT molecular complexity index is 511. The molecule has 0 saturated carbocycles. The normalized spacial score (nSPS) is 9.17. The van der Waals surface area contributed by atoms with Crippen molar-refractivity contribution in [1.29, 1.82) is 10.5 Å². The summed E-state index contributed by atoms with van der Waals surface area (Å²) >= 11 is 0. The summed E-state index contributed by atoms with van der Waals surface area (Å²) in [6, 6.07) is 11.9. The van der Waals surface area contributed by atoms with Gasteiger partial charge in [0.2, 0.25) is 0 Å². The Hall–Kier alpha value is -2.26. The van der Waals surface area contributed by atoms with Crippen molar-refractivity contribution in [3.8, 4) is 12.1 Å². The maximum atomic E-state index is 9.02. The van der Waals surface area contributed by atoms with Crippen LogP contribution < -0.4 is 4.90 Å². The number of anilines is 1. The van der Waals surface area contributed by atoms with E-state index in [1.807, 2.05) is 62.3 Å². The van der Waals surface area contributed by atoms with Gasteiger partial charge in [-0.3, -0.25) is 0 Å². The molecule has 0 aliphatic carbocycles. The topological polar surface area (TPSA) is 50.8 Å². The molecule has 1 rings (SSSR count). The highest BCUT2D eigenvalue weighted by molar-refractivity contribution is 5.77. The molecule has 0 aliphatic heterocycles. The second-order valence-corrected chi connectivity index (χ2v) is 4.27. The van der Waals surface area contributed by atoms with Crippen LogP contribution in [0.1, 0.15) is 25.3 Å². The minimum Gasteiger partial charge on any atom is -0.378 e. The molecule has 0 heterocycles. The fourth-order valence-corrected chi connectivity index (χ4v) is 1.80. The van der Waals surface area contributed by atoms with Gasteiger partial charge in [-0.05, 0) is 29.7 Å². The average molecular weight is 239 g/mol. The van der Waals surface area contributed by atoms with Crippen LogP contribution in [0.4, 0.5) is 5.69 Å². The Labute approximate surface area is 109 Å². The molecule has 0 radical (unpaired) electrons. The molecule has 0 atom stereocenters. The molecule has 1 aromatic carbocycles. The summed E-state index contributed by atoms with van der Waals surface area (Å²) in [5.41, 5.74) is 3.08. The number of hydrogen-bond acceptors (Lipinski definition) is 3. The lowest BCUT2D eigenvalue weighted by Crippen LogP contribution is -2.08. The van der Waals surface area contributed by atoms with E-state index in [9.17, 15) is 0 Å². The van der Waals surface area contributed by atoms with Crippen molar-refractivity contribution < 1.29 is 0 Å². The van der Waals surface area contributed by atoms with Gasteiger partial charge < -0.3 is 4.90 Å². The predicted octanol–water partition coefficient (Wildman–Crippen LogP) is 3.35. The maximum absolute atomic E-state index is 9.02. The lowest BCUT2D eigenvalue weighted by atomic mass is 9.96. The van der Waals surface area contributed by atoms with E-state index in [0.717, 1.165) is 29.7 Å². The van der Waals surface area contributed by atoms with E-state index in [1.165, 1.54) is 0 Å². The summed E-state index contributed by atoms with van der Waals surface area (Å²) in [6.45, 7) is 2.04. The van der Waals surface area contributed by atoms with Crippen LogP contribution in [0.2, 0.25) is 0 Å². The highest BCUT2D eigenvalue weighted by Gasteiger charge is 2.09. The van der Waals surface area contributed by atoms with Crippen molar-refractivity contribution in [3.63, 3.8) is 0 Å². The number of nitriles is 2. The summed E-state index contributed by atoms with van der Waals surface area (Å²) in [6.07, 6.45) is 1.65. The van der Waals surface area contributed by atoms with E-state index < -0.39 is 0 Å². The molecule has 92 valence electrons. The van der Waals surface area contributed by atoms with Gasteiger partial charge in [-0.2, -0.15) is 10.5 Å². The average Bonchev–Trinajstić information content (AvgIpc) is 2.39. The van der Waals surface area contributed by atoms with E-state index >= 15 is 0 Å². The zero-order valence-corrected chi connectivity index (χ0v) is 11.1. The molecule has 0 bridgehead atoms. The van der Waals surface area contributed by atoms with Crippen LogP contribution in [-0.4, -0.2) is 14.1 Å². The molecule has 3 nitrogen and oxygen atoms in total. The summed E-state index contributed by atoms with van der Waals surface area (Å²) in [4.78, 5) is 2.01. The first-order chi connectivity index (χ1) is 8.63. The van der Waals surface area contributed by atoms with E-state index in [2.05, 4.69) is 0 Å². The largest absolute Gasteiger partial charge is 0.378 e. The van der Waals surface area contributed by atoms with Crippen molar-refractivity contribution in [2.45, 2.75) is 19.8 Å². The van der Waals surface area contributed by atoms with Crippen LogP contribution in [0.15, 0.2) is 29.8 Å². The Morgan fingerprint density at radius 2 is 1.89 bits per heavy atom. The third-order valence-corrected chi connectivity index (χ3v) is 2.74. The zero-order chi connectivity index (χ0) is 13.5. The number of hydrogen-bond donors (Lipinski definition) is 0. The zero-order valence-electron chi connectivity index (χ0n) is 11.1. The van der Waals surface area contributed by atoms with E-state index in [1.54, 1.807) is 0 Å². The molecular weight excluding hydrogens is 222 g/mol. The molecular formula is C15H17N3. The molecule has 0 N–H and O–H groups in total. The molecule has 3 heteroatoms. The second-order valence-electron chi connectivity index (χ2n) is 4.27. The molecule has 0 saturated heterocycles. The molecule has 0 amide bonds. The Balaban J connectivity index is 3.33. The number of allylic oxidation sites excluding steroid dienone is 2. The van der Waals surface area contributed by atoms with Gasteiger partial charge in [0.05, 0.1) is 0 Å². The van der Waals surface area contributed by atoms with Crippen LogP contribution in [0, 0.1) is 22.7 Å². The summed E-state index contributed by atoms with van der Waals surface area (Å²) < 4.78 is 0. The van der Waals surface area contributed by atoms with Crippen molar-refractivity contribution in [2.75, 3.05) is 19.0 Å². The van der Waals surface area contributed by atoms with Crippen molar-refractivity contribution >= 4 is 11.3 Å². The maximum Gasteiger partial charge on any atom is 0.133 e. The highest BCUT2D eigenvalue weighted by Crippen LogP contribution is 2.26. The number of rotatable bonds is 4. The van der Waals surface area contributed by atoms with Gasteiger partial charge >= 0.3 is 0 Å². The Morgan fingerprint density at radius 1 is 1.22 bits per heavy atom. The molecule has 0 aliphatic rings. The molecule has 0 unspecified atom stereocenters. The first kappa shape index (κ1) is 13.8. The van der Waals surface area contributed by atoms with Gasteiger partial charge in [-0.15, -0.1) is 0 Å². The molecule has 0 aromatic heterocycles. The molecule has 0 spiro atoms. The van der Waals surface area contributed by atoms with Crippen LogP contribution in [0.3, 0.4) is 0 Å². The van der Waals surface area contributed by atoms with E-state index in [4.69, 9.17) is 10.5 Å². The summed E-state index contributed by atoms with van der Waals surface area (Å²) in [7, 11) is 3.94. The highest BCUT2D eigenvalue weighted by atomic mass is 15.1. The monoisotopic (exact) mass is 239 g/mol. The van der Waals surface area contributed by atoms with Crippen molar-refractivity contribution in [1.82, 2.24) is 0 Å². The standard InChI is InChI=1S/C15H17N3/c1-4-6-15(13(10-16)11-17)12-7-5-8-14(9-12)18(2)3/h5,7-9H,4,6H2,1-3H3. The minimum absolute atomic E-state index is 0.216. The second kappa shape index (κ2) is 6.47. The number of benzene rings is 1. The molecule has 18 heavy (non-hydrogen) atoms. The van der Waals surface area contributed by atoms with Crippen LogP contribution in [-0.2, 0) is 0 Å². The smallest absolute Gasteiger partial charge is 0.133 e. The summed E-state index contributed by atoms with van der Waals surface area (Å²) in [5.74, 6) is 0. The van der Waals surface area contributed by atoms with Crippen molar-refractivity contribution in [2.24, 2.45) is 0 Å². The van der Waals surface area contributed by atoms with Gasteiger partial charge in [0.15, 0.2) is 0 Å². The quantitative estimate of drug-likeness (QED) is 0.757.